The zero-order chi connectivity index (χ0) is 18.4. The molecule has 3 heteroatoms. The van der Waals surface area contributed by atoms with Crippen LogP contribution in [-0.4, -0.2) is 41.9 Å². The van der Waals surface area contributed by atoms with Gasteiger partial charge < -0.3 is 4.90 Å². The van der Waals surface area contributed by atoms with E-state index in [1.807, 2.05) is 11.0 Å². The third kappa shape index (κ3) is 4.53. The molecule has 1 aliphatic rings. The van der Waals surface area contributed by atoms with E-state index in [4.69, 9.17) is 0 Å². The van der Waals surface area contributed by atoms with Gasteiger partial charge in [-0.2, -0.15) is 0 Å². The van der Waals surface area contributed by atoms with E-state index in [1.165, 1.54) is 16.7 Å². The number of benzene rings is 2. The highest BCUT2D eigenvalue weighted by Crippen LogP contribution is 2.23. The Morgan fingerprint density at radius 3 is 2.31 bits per heavy atom. The van der Waals surface area contributed by atoms with Crippen molar-refractivity contribution in [2.75, 3.05) is 26.2 Å². The topological polar surface area (TPSA) is 23.6 Å². The van der Waals surface area contributed by atoms with Crippen molar-refractivity contribution in [2.24, 2.45) is 5.92 Å². The molecule has 3 nitrogen and oxygen atoms in total. The third-order valence-corrected chi connectivity index (χ3v) is 5.40. The molecule has 0 spiro atoms. The molecular weight excluding hydrogens is 320 g/mol. The Morgan fingerprint density at radius 2 is 1.65 bits per heavy atom. The van der Waals surface area contributed by atoms with Crippen molar-refractivity contribution in [1.29, 1.82) is 0 Å². The van der Waals surface area contributed by atoms with Gasteiger partial charge in [-0.1, -0.05) is 54.6 Å². The lowest BCUT2D eigenvalue weighted by Gasteiger charge is -2.34. The molecule has 1 fully saturated rings. The van der Waals surface area contributed by atoms with Gasteiger partial charge in [0, 0.05) is 26.2 Å². The SMILES string of the molecule is CCN(CC)C(=O)[C@H]1CCCN(Cc2ccc(-c3ccccc3)cc2)C1. The number of nitrogens with zero attached hydrogens (tertiary/aromatic N) is 2. The maximum atomic E-state index is 12.7. The minimum Gasteiger partial charge on any atom is -0.343 e. The minimum atomic E-state index is 0.159. The predicted molar refractivity (Wildman–Crippen MR) is 108 cm³/mol. The minimum absolute atomic E-state index is 0.159. The summed E-state index contributed by atoms with van der Waals surface area (Å²) in [6.45, 7) is 8.65. The lowest BCUT2D eigenvalue weighted by molar-refractivity contribution is -0.137. The van der Waals surface area contributed by atoms with Crippen molar-refractivity contribution in [3.63, 3.8) is 0 Å². The molecule has 0 aliphatic carbocycles. The fourth-order valence-corrected chi connectivity index (χ4v) is 3.89. The Bertz CT molecular complexity index is 692. The summed E-state index contributed by atoms with van der Waals surface area (Å²) in [4.78, 5) is 17.1. The highest BCUT2D eigenvalue weighted by molar-refractivity contribution is 5.79. The average Bonchev–Trinajstić information content (AvgIpc) is 2.70. The summed E-state index contributed by atoms with van der Waals surface area (Å²) >= 11 is 0. The van der Waals surface area contributed by atoms with Crippen molar-refractivity contribution in [2.45, 2.75) is 33.2 Å². The highest BCUT2D eigenvalue weighted by Gasteiger charge is 2.28. The second-order valence-electron chi connectivity index (χ2n) is 7.15. The first kappa shape index (κ1) is 18.7. The first-order chi connectivity index (χ1) is 12.7. The van der Waals surface area contributed by atoms with E-state index in [-0.39, 0.29) is 5.92 Å². The molecule has 138 valence electrons. The van der Waals surface area contributed by atoms with Crippen LogP contribution in [0.4, 0.5) is 0 Å². The molecule has 0 saturated carbocycles. The number of hydrogen-bond acceptors (Lipinski definition) is 2. The molecule has 0 unspecified atom stereocenters. The third-order valence-electron chi connectivity index (χ3n) is 5.40. The summed E-state index contributed by atoms with van der Waals surface area (Å²) in [6, 6.07) is 19.3. The number of hydrogen-bond donors (Lipinski definition) is 0. The molecule has 0 radical (unpaired) electrons. The second kappa shape index (κ2) is 9.00. The van der Waals surface area contributed by atoms with Gasteiger partial charge in [-0.15, -0.1) is 0 Å². The number of amides is 1. The van der Waals surface area contributed by atoms with Crippen LogP contribution in [0.1, 0.15) is 32.3 Å². The van der Waals surface area contributed by atoms with Crippen molar-refractivity contribution >= 4 is 5.91 Å². The largest absolute Gasteiger partial charge is 0.343 e. The van der Waals surface area contributed by atoms with Crippen LogP contribution in [0, 0.1) is 5.92 Å². The summed E-state index contributed by atoms with van der Waals surface area (Å²) in [7, 11) is 0. The Labute approximate surface area is 157 Å². The maximum absolute atomic E-state index is 12.7. The second-order valence-corrected chi connectivity index (χ2v) is 7.15. The molecule has 1 aliphatic heterocycles. The van der Waals surface area contributed by atoms with Crippen LogP contribution in [0.2, 0.25) is 0 Å². The van der Waals surface area contributed by atoms with Crippen LogP contribution in [0.15, 0.2) is 54.6 Å². The fourth-order valence-electron chi connectivity index (χ4n) is 3.89. The van der Waals surface area contributed by atoms with Gasteiger partial charge in [0.2, 0.25) is 5.91 Å². The smallest absolute Gasteiger partial charge is 0.226 e. The summed E-state index contributed by atoms with van der Waals surface area (Å²) in [5.74, 6) is 0.492. The van der Waals surface area contributed by atoms with Crippen molar-refractivity contribution in [3.05, 3.63) is 60.2 Å². The molecule has 3 rings (SSSR count). The Kier molecular flexibility index (Phi) is 6.45. The number of rotatable bonds is 6. The Morgan fingerprint density at radius 1 is 1.00 bits per heavy atom. The molecule has 26 heavy (non-hydrogen) atoms. The van der Waals surface area contributed by atoms with Crippen LogP contribution in [0.25, 0.3) is 11.1 Å². The first-order valence-corrected chi connectivity index (χ1v) is 9.86. The van der Waals surface area contributed by atoms with Gasteiger partial charge in [0.05, 0.1) is 5.92 Å². The number of carbonyl (C=O) groups is 1. The highest BCUT2D eigenvalue weighted by atomic mass is 16.2. The predicted octanol–water partition coefficient (Wildman–Crippen LogP) is 4.43. The van der Waals surface area contributed by atoms with Gasteiger partial charge in [0.25, 0.3) is 0 Å². The molecule has 1 saturated heterocycles. The normalized spacial score (nSPS) is 17.8. The van der Waals surface area contributed by atoms with Crippen molar-refractivity contribution < 1.29 is 4.79 Å². The zero-order valence-corrected chi connectivity index (χ0v) is 16.0. The summed E-state index contributed by atoms with van der Waals surface area (Å²) in [5.41, 5.74) is 3.82. The van der Waals surface area contributed by atoms with E-state index in [9.17, 15) is 4.79 Å². The van der Waals surface area contributed by atoms with Crippen molar-refractivity contribution in [1.82, 2.24) is 9.80 Å². The van der Waals surface area contributed by atoms with E-state index in [0.717, 1.165) is 45.6 Å². The summed E-state index contributed by atoms with van der Waals surface area (Å²) in [6.07, 6.45) is 2.14. The van der Waals surface area contributed by atoms with Gasteiger partial charge in [0.1, 0.15) is 0 Å². The molecule has 2 aromatic carbocycles. The van der Waals surface area contributed by atoms with Crippen LogP contribution in [0.5, 0.6) is 0 Å². The van der Waals surface area contributed by atoms with Gasteiger partial charge in [-0.3, -0.25) is 9.69 Å². The number of piperidine rings is 1. The molecule has 1 atom stereocenters. The molecule has 1 heterocycles. The molecular formula is C23H30N2O. The fraction of sp³-hybridized carbons (Fsp3) is 0.435. The van der Waals surface area contributed by atoms with E-state index in [1.54, 1.807) is 0 Å². The summed E-state index contributed by atoms with van der Waals surface area (Å²) in [5, 5.41) is 0. The van der Waals surface area contributed by atoms with Gasteiger partial charge in [-0.25, -0.2) is 0 Å². The number of carbonyl (C=O) groups excluding carboxylic acids is 1. The Hall–Kier alpha value is -2.13. The molecule has 1 amide bonds. The lowest BCUT2D eigenvalue weighted by atomic mass is 9.95. The van der Waals surface area contributed by atoms with Crippen LogP contribution in [-0.2, 0) is 11.3 Å². The van der Waals surface area contributed by atoms with Crippen LogP contribution in [0.3, 0.4) is 0 Å². The van der Waals surface area contributed by atoms with E-state index < -0.39 is 0 Å². The average molecular weight is 351 g/mol. The first-order valence-electron chi connectivity index (χ1n) is 9.86. The zero-order valence-electron chi connectivity index (χ0n) is 16.0. The van der Waals surface area contributed by atoms with E-state index >= 15 is 0 Å². The van der Waals surface area contributed by atoms with Crippen LogP contribution < -0.4 is 0 Å². The molecule has 0 aromatic heterocycles. The standard InChI is InChI=1S/C23H30N2O/c1-3-25(4-2)23(26)22-11-8-16-24(18-22)17-19-12-14-21(15-13-19)20-9-6-5-7-10-20/h5-7,9-10,12-15,22H,3-4,8,11,16-18H2,1-2H3/t22-/m0/s1. The molecule has 2 aromatic rings. The van der Waals surface area contributed by atoms with E-state index in [0.29, 0.717) is 5.91 Å². The quantitative estimate of drug-likeness (QED) is 0.769. The van der Waals surface area contributed by atoms with Gasteiger partial charge in [0.15, 0.2) is 0 Å². The van der Waals surface area contributed by atoms with E-state index in [2.05, 4.69) is 67.3 Å². The maximum Gasteiger partial charge on any atom is 0.226 e. The van der Waals surface area contributed by atoms with Crippen molar-refractivity contribution in [3.8, 4) is 11.1 Å². The molecule has 0 bridgehead atoms. The molecule has 0 N–H and O–H groups in total. The summed E-state index contributed by atoms with van der Waals surface area (Å²) < 4.78 is 0. The Balaban J connectivity index is 1.61. The monoisotopic (exact) mass is 350 g/mol. The van der Waals surface area contributed by atoms with Gasteiger partial charge in [-0.05, 0) is 49.9 Å². The lowest BCUT2D eigenvalue weighted by Crippen LogP contribution is -2.44. The van der Waals surface area contributed by atoms with Crippen LogP contribution >= 0.6 is 0 Å². The number of likely N-dealkylation sites (tertiary alicyclic amines) is 1. The van der Waals surface area contributed by atoms with Gasteiger partial charge >= 0.3 is 0 Å².